The van der Waals surface area contributed by atoms with Crippen LogP contribution >= 0.6 is 22.7 Å². The number of Topliss-reactive ketones (excluding diaryl/α,β-unsaturated/α-hetero) is 3. The van der Waals surface area contributed by atoms with E-state index in [0.717, 1.165) is 25.9 Å². The molecule has 9 nitrogen and oxygen atoms in total. The van der Waals surface area contributed by atoms with Gasteiger partial charge in [-0.1, -0.05) is 13.8 Å². The Morgan fingerprint density at radius 1 is 0.791 bits per heavy atom. The molecule has 0 saturated heterocycles. The number of ketones is 3. The van der Waals surface area contributed by atoms with Crippen molar-refractivity contribution in [1.29, 1.82) is 0 Å². The van der Waals surface area contributed by atoms with Gasteiger partial charge in [-0.05, 0) is 48.4 Å². The quantitative estimate of drug-likeness (QED) is 0.0989. The number of carboxylic acids is 1. The van der Waals surface area contributed by atoms with Gasteiger partial charge in [-0.3, -0.25) is 19.2 Å². The van der Waals surface area contributed by atoms with Gasteiger partial charge in [0.15, 0.2) is 23.1 Å². The third-order valence-corrected chi connectivity index (χ3v) is 9.46. The van der Waals surface area contributed by atoms with E-state index < -0.39 is 11.9 Å². The van der Waals surface area contributed by atoms with Crippen LogP contribution in [-0.4, -0.2) is 55.8 Å². The number of fused-ring (bicyclic) bond motifs is 2. The van der Waals surface area contributed by atoms with Gasteiger partial charge in [0.25, 0.3) is 0 Å². The number of rotatable bonds is 16. The van der Waals surface area contributed by atoms with Crippen molar-refractivity contribution in [2.24, 2.45) is 11.8 Å². The first-order chi connectivity index (χ1) is 20.5. The molecule has 4 rings (SSSR count). The van der Waals surface area contributed by atoms with E-state index in [9.17, 15) is 19.2 Å². The summed E-state index contributed by atoms with van der Waals surface area (Å²) in [6, 6.07) is 11.2. The minimum Gasteiger partial charge on any atom is -0.495 e. The number of aliphatic carboxylic acids is 1. The molecule has 0 saturated carbocycles. The van der Waals surface area contributed by atoms with Crippen LogP contribution in [0.15, 0.2) is 36.4 Å². The van der Waals surface area contributed by atoms with Crippen molar-refractivity contribution >= 4 is 71.9 Å². The molecule has 0 unspecified atom stereocenters. The summed E-state index contributed by atoms with van der Waals surface area (Å²) in [5.41, 5.74) is 0.777. The second-order valence-electron chi connectivity index (χ2n) is 10.5. The molecule has 0 bridgehead atoms. The summed E-state index contributed by atoms with van der Waals surface area (Å²) in [7, 11) is 3.15. The Balaban J connectivity index is 1.38. The monoisotopic (exact) mass is 625 g/mol. The van der Waals surface area contributed by atoms with E-state index in [0.29, 0.717) is 46.6 Å². The van der Waals surface area contributed by atoms with Crippen molar-refractivity contribution in [3.8, 4) is 17.2 Å². The van der Waals surface area contributed by atoms with Gasteiger partial charge in [-0.15, -0.1) is 22.7 Å². The predicted molar refractivity (Wildman–Crippen MR) is 170 cm³/mol. The lowest BCUT2D eigenvalue weighted by Crippen LogP contribution is -2.13. The van der Waals surface area contributed by atoms with Crippen LogP contribution in [0.25, 0.3) is 20.2 Å². The molecule has 2 heterocycles. The smallest absolute Gasteiger partial charge is 0.306 e. The summed E-state index contributed by atoms with van der Waals surface area (Å²) >= 11 is 2.70. The molecular weight excluding hydrogens is 590 g/mol. The molecule has 2 aromatic carbocycles. The highest BCUT2D eigenvalue weighted by molar-refractivity contribution is 7.21. The molecule has 4 aromatic rings. The molecule has 2 N–H and O–H groups in total. The number of hydrogen-bond donors (Lipinski definition) is 2. The van der Waals surface area contributed by atoms with Gasteiger partial charge < -0.3 is 24.6 Å². The van der Waals surface area contributed by atoms with Gasteiger partial charge in [0.2, 0.25) is 0 Å². The van der Waals surface area contributed by atoms with E-state index in [2.05, 4.69) is 5.32 Å². The zero-order valence-corrected chi connectivity index (χ0v) is 26.4. The molecule has 0 radical (unpaired) electrons. The fourth-order valence-corrected chi connectivity index (χ4v) is 6.48. The lowest BCUT2D eigenvalue weighted by Gasteiger charge is -2.13. The highest BCUT2D eigenvalue weighted by Crippen LogP contribution is 2.38. The zero-order valence-electron chi connectivity index (χ0n) is 24.8. The van der Waals surface area contributed by atoms with E-state index >= 15 is 0 Å². The van der Waals surface area contributed by atoms with Gasteiger partial charge in [0.1, 0.15) is 11.5 Å². The molecule has 0 fully saturated rings. The Labute approximate surface area is 257 Å². The van der Waals surface area contributed by atoms with E-state index in [1.165, 1.54) is 36.5 Å². The normalized spacial score (nSPS) is 12.6. The zero-order chi connectivity index (χ0) is 31.3. The number of carbonyl (C=O) groups excluding carboxylic acids is 3. The second-order valence-corrected chi connectivity index (χ2v) is 12.7. The van der Waals surface area contributed by atoms with Crippen LogP contribution in [-0.2, 0) is 9.59 Å². The lowest BCUT2D eigenvalue weighted by molar-refractivity contribution is -0.141. The van der Waals surface area contributed by atoms with Crippen molar-refractivity contribution in [2.75, 3.05) is 32.7 Å². The van der Waals surface area contributed by atoms with E-state index in [-0.39, 0.29) is 36.1 Å². The maximum atomic E-state index is 12.7. The minimum absolute atomic E-state index is 0.00273. The van der Waals surface area contributed by atoms with Gasteiger partial charge in [-0.2, -0.15) is 0 Å². The maximum Gasteiger partial charge on any atom is 0.306 e. The van der Waals surface area contributed by atoms with Crippen LogP contribution in [0.1, 0.15) is 59.4 Å². The number of hydrogen-bond acceptors (Lipinski definition) is 10. The Morgan fingerprint density at radius 2 is 1.35 bits per heavy atom. The van der Waals surface area contributed by atoms with Crippen LogP contribution in [0.2, 0.25) is 0 Å². The molecule has 2 atom stereocenters. The van der Waals surface area contributed by atoms with Gasteiger partial charge in [0.05, 0.1) is 42.2 Å². The number of anilines is 1. The fourth-order valence-electron chi connectivity index (χ4n) is 4.44. The van der Waals surface area contributed by atoms with Crippen molar-refractivity contribution in [1.82, 2.24) is 0 Å². The molecule has 0 aliphatic carbocycles. The van der Waals surface area contributed by atoms with Crippen LogP contribution in [0, 0.1) is 11.8 Å². The van der Waals surface area contributed by atoms with E-state index in [4.69, 9.17) is 19.3 Å². The average molecular weight is 626 g/mol. The van der Waals surface area contributed by atoms with Crippen LogP contribution in [0.5, 0.6) is 17.2 Å². The number of thiophene rings is 2. The summed E-state index contributed by atoms with van der Waals surface area (Å²) < 4.78 is 18.9. The second kappa shape index (κ2) is 14.0. The highest BCUT2D eigenvalue weighted by Gasteiger charge is 2.20. The molecule has 2 aromatic heterocycles. The molecule has 11 heteroatoms. The van der Waals surface area contributed by atoms with Gasteiger partial charge >= 0.3 is 5.97 Å². The van der Waals surface area contributed by atoms with E-state index in [1.807, 2.05) is 30.3 Å². The van der Waals surface area contributed by atoms with Crippen molar-refractivity contribution in [3.63, 3.8) is 0 Å². The summed E-state index contributed by atoms with van der Waals surface area (Å²) in [5, 5.41) is 14.2. The van der Waals surface area contributed by atoms with Gasteiger partial charge in [-0.25, -0.2) is 0 Å². The topological polar surface area (TPSA) is 128 Å². The average Bonchev–Trinajstić information content (AvgIpc) is 3.59. The molecule has 0 spiro atoms. The third-order valence-electron chi connectivity index (χ3n) is 7.18. The summed E-state index contributed by atoms with van der Waals surface area (Å²) in [5.74, 6) is -0.499. The number of benzene rings is 2. The SMILES string of the molecule is COc1cc2sc(C(=O)C[C@H](C)C(=O)O)cc2cc1NCCCOc1cc2cc(C(=O)C[C@H](C)C(C)=O)sc2cc1OC. The summed E-state index contributed by atoms with van der Waals surface area (Å²) in [4.78, 5) is 49.1. The van der Waals surface area contributed by atoms with Crippen molar-refractivity contribution in [2.45, 2.75) is 40.0 Å². The Bertz CT molecular complexity index is 1550. The van der Waals surface area contributed by atoms with Crippen molar-refractivity contribution in [3.05, 3.63) is 46.2 Å². The number of ether oxygens (including phenoxy) is 3. The highest BCUT2D eigenvalue weighted by atomic mass is 32.1. The molecule has 0 aliphatic heterocycles. The number of carboxylic acid groups (broad SMARTS) is 1. The number of nitrogens with one attached hydrogen (secondary N) is 1. The first-order valence-electron chi connectivity index (χ1n) is 13.9. The molecular formula is C32H35NO8S2. The molecule has 0 amide bonds. The van der Waals surface area contributed by atoms with E-state index in [1.54, 1.807) is 27.2 Å². The largest absolute Gasteiger partial charge is 0.495 e. The Kier molecular flexibility index (Phi) is 10.4. The Morgan fingerprint density at radius 3 is 1.91 bits per heavy atom. The summed E-state index contributed by atoms with van der Waals surface area (Å²) in [6.45, 7) is 5.78. The lowest BCUT2D eigenvalue weighted by atomic mass is 10.0. The van der Waals surface area contributed by atoms with Crippen LogP contribution in [0.3, 0.4) is 0 Å². The number of methoxy groups -OCH3 is 2. The standard InChI is InChI=1S/C32H35NO8S2/c1-17(19(3)34)9-23(35)31-14-21-12-27(26(40-5)16-29(21)43-31)41-8-6-7-33-22-11-20-13-30(24(36)10-18(2)32(37)38)42-28(20)15-25(22)39-4/h11-18,33H,6-10H2,1-5H3,(H,37,38)/t17-,18-/m0/s1. The Hall–Kier alpha value is -3.96. The molecule has 0 aliphatic rings. The summed E-state index contributed by atoms with van der Waals surface area (Å²) in [6.07, 6.45) is 0.804. The van der Waals surface area contributed by atoms with Crippen LogP contribution in [0.4, 0.5) is 5.69 Å². The van der Waals surface area contributed by atoms with Gasteiger partial charge in [0, 0.05) is 46.8 Å². The third kappa shape index (κ3) is 7.71. The molecule has 43 heavy (non-hydrogen) atoms. The first-order valence-corrected chi connectivity index (χ1v) is 15.5. The first kappa shape index (κ1) is 32.0. The minimum atomic E-state index is -0.991. The van der Waals surface area contributed by atoms with Crippen molar-refractivity contribution < 1.29 is 38.5 Å². The number of carbonyl (C=O) groups is 4. The molecule has 228 valence electrons. The maximum absolute atomic E-state index is 12.7. The van der Waals surface area contributed by atoms with Crippen LogP contribution < -0.4 is 19.5 Å². The predicted octanol–water partition coefficient (Wildman–Crippen LogP) is 7.11. The fraction of sp³-hybridized carbons (Fsp3) is 0.375.